The van der Waals surface area contributed by atoms with Gasteiger partial charge in [0, 0.05) is 19.2 Å². The zero-order valence-corrected chi connectivity index (χ0v) is 15.4. The van der Waals surface area contributed by atoms with Gasteiger partial charge in [-0.15, -0.1) is 0 Å². The first-order valence-corrected chi connectivity index (χ1v) is 9.32. The summed E-state index contributed by atoms with van der Waals surface area (Å²) in [5, 5.41) is 4.64. The molecule has 2 aliphatic heterocycles. The van der Waals surface area contributed by atoms with E-state index in [0.717, 1.165) is 12.8 Å². The fourth-order valence-electron chi connectivity index (χ4n) is 3.82. The van der Waals surface area contributed by atoms with E-state index >= 15 is 0 Å². The lowest BCUT2D eigenvalue weighted by Crippen LogP contribution is -2.41. The Hall–Kier alpha value is -2.41. The number of carbonyl (C=O) groups is 2. The summed E-state index contributed by atoms with van der Waals surface area (Å²) in [7, 11) is 0. The second kappa shape index (κ2) is 7.31. The molecule has 4 rings (SSSR count). The Morgan fingerprint density at radius 2 is 2.22 bits per heavy atom. The number of hydrogen-bond donors (Lipinski definition) is 0. The van der Waals surface area contributed by atoms with E-state index in [1.807, 2.05) is 0 Å². The van der Waals surface area contributed by atoms with Gasteiger partial charge < -0.3 is 9.64 Å². The fourth-order valence-corrected chi connectivity index (χ4v) is 4.08. The molecule has 0 unspecified atom stereocenters. The van der Waals surface area contributed by atoms with Crippen LogP contribution in [0.1, 0.15) is 25.0 Å². The molecule has 2 atom stereocenters. The van der Waals surface area contributed by atoms with Crippen LogP contribution in [0.15, 0.2) is 30.5 Å². The van der Waals surface area contributed by atoms with Crippen molar-refractivity contribution >= 4 is 23.5 Å². The van der Waals surface area contributed by atoms with Crippen molar-refractivity contribution < 1.29 is 18.7 Å². The third kappa shape index (κ3) is 3.83. The second-order valence-electron chi connectivity index (χ2n) is 7.08. The number of benzene rings is 1. The molecule has 6 nitrogen and oxygen atoms in total. The van der Waals surface area contributed by atoms with Crippen molar-refractivity contribution in [3.05, 3.63) is 47.0 Å². The maximum Gasteiger partial charge on any atom is 0.410 e. The van der Waals surface area contributed by atoms with Crippen LogP contribution >= 0.6 is 11.6 Å². The number of carbonyl (C=O) groups excluding carboxylic acids is 2. The van der Waals surface area contributed by atoms with Crippen LogP contribution < -0.4 is 0 Å². The van der Waals surface area contributed by atoms with E-state index in [0.29, 0.717) is 31.0 Å². The summed E-state index contributed by atoms with van der Waals surface area (Å²) in [5.41, 5.74) is 1.22. The summed E-state index contributed by atoms with van der Waals surface area (Å²) in [5.74, 6) is -0.0252. The van der Waals surface area contributed by atoms with Gasteiger partial charge in [0.15, 0.2) is 0 Å². The first kappa shape index (κ1) is 18.0. The normalized spacial score (nSPS) is 21.9. The lowest BCUT2D eigenvalue weighted by Gasteiger charge is -2.32. The molecule has 1 aromatic carbocycles. The van der Waals surface area contributed by atoms with E-state index < -0.39 is 5.82 Å². The van der Waals surface area contributed by atoms with Gasteiger partial charge in [-0.3, -0.25) is 4.79 Å². The summed E-state index contributed by atoms with van der Waals surface area (Å²) in [6.45, 7) is 1.07. The number of aromatic nitrogens is 2. The number of Topliss-reactive ketones (excluding diaryl/α,β-unsaturated/α-hetero) is 1. The van der Waals surface area contributed by atoms with Crippen molar-refractivity contribution in [2.24, 2.45) is 5.92 Å². The Bertz CT molecular complexity index is 885. The number of amides is 1. The minimum Gasteiger partial charge on any atom is -0.447 e. The zero-order chi connectivity index (χ0) is 19.0. The SMILES string of the molecule is O=C(Cc1ccn(-c2ccc(F)cc2Cl)n1)C[C@H]1CCN2C(=O)OC[C@H]2C1. The summed E-state index contributed by atoms with van der Waals surface area (Å²) in [6.07, 6.45) is 3.81. The molecule has 142 valence electrons. The number of nitrogens with zero attached hydrogens (tertiary/aromatic N) is 3. The second-order valence-corrected chi connectivity index (χ2v) is 7.49. The third-order valence-corrected chi connectivity index (χ3v) is 5.46. The first-order valence-electron chi connectivity index (χ1n) is 8.94. The van der Waals surface area contributed by atoms with E-state index in [4.69, 9.17) is 16.3 Å². The molecule has 2 fully saturated rings. The Labute approximate surface area is 160 Å². The highest BCUT2D eigenvalue weighted by Crippen LogP contribution is 2.30. The number of cyclic esters (lactones) is 1. The van der Waals surface area contributed by atoms with Gasteiger partial charge in [0.05, 0.1) is 28.9 Å². The molecule has 27 heavy (non-hydrogen) atoms. The first-order chi connectivity index (χ1) is 13.0. The van der Waals surface area contributed by atoms with E-state index in [1.165, 1.54) is 12.1 Å². The van der Waals surface area contributed by atoms with Crippen molar-refractivity contribution in [3.63, 3.8) is 0 Å². The molecule has 2 aromatic rings. The fraction of sp³-hybridized carbons (Fsp3) is 0.421. The van der Waals surface area contributed by atoms with Crippen LogP contribution in [0.25, 0.3) is 5.69 Å². The molecule has 0 N–H and O–H groups in total. The lowest BCUT2D eigenvalue weighted by molar-refractivity contribution is -0.119. The van der Waals surface area contributed by atoms with Crippen molar-refractivity contribution in [2.75, 3.05) is 13.2 Å². The van der Waals surface area contributed by atoms with Crippen molar-refractivity contribution in [2.45, 2.75) is 31.7 Å². The standard InChI is InChI=1S/C19H19ClFN3O3/c20-17-9-13(21)1-2-18(17)24-6-4-14(22-24)10-16(25)8-12-3-5-23-15(7-12)11-27-19(23)26/h1-2,4,6,9,12,15H,3,5,7-8,10-11H2/t12-,15+/m0/s1. The molecule has 0 spiro atoms. The van der Waals surface area contributed by atoms with Crippen molar-refractivity contribution in [1.82, 2.24) is 14.7 Å². The Balaban J connectivity index is 1.35. The van der Waals surface area contributed by atoms with Crippen LogP contribution in [0.3, 0.4) is 0 Å². The average molecular weight is 392 g/mol. The van der Waals surface area contributed by atoms with Gasteiger partial charge in [-0.25, -0.2) is 13.9 Å². The van der Waals surface area contributed by atoms with Gasteiger partial charge in [-0.2, -0.15) is 5.10 Å². The highest BCUT2D eigenvalue weighted by atomic mass is 35.5. The smallest absolute Gasteiger partial charge is 0.410 e. The van der Waals surface area contributed by atoms with E-state index in [9.17, 15) is 14.0 Å². The molecular formula is C19H19ClFN3O3. The Kier molecular flexibility index (Phi) is 4.86. The van der Waals surface area contributed by atoms with Gasteiger partial charge in [-0.05, 0) is 43.0 Å². The molecule has 0 radical (unpaired) electrons. The topological polar surface area (TPSA) is 64.4 Å². The third-order valence-electron chi connectivity index (χ3n) is 5.15. The predicted octanol–water partition coefficient (Wildman–Crippen LogP) is 3.40. The molecule has 2 saturated heterocycles. The number of rotatable bonds is 5. The summed E-state index contributed by atoms with van der Waals surface area (Å²) >= 11 is 6.06. The molecule has 8 heteroatoms. The molecule has 1 amide bonds. The summed E-state index contributed by atoms with van der Waals surface area (Å²) in [4.78, 5) is 25.8. The lowest BCUT2D eigenvalue weighted by atomic mass is 9.87. The largest absolute Gasteiger partial charge is 0.447 e. The van der Waals surface area contributed by atoms with Crippen LogP contribution in [0.4, 0.5) is 9.18 Å². The van der Waals surface area contributed by atoms with Crippen LogP contribution in [0.2, 0.25) is 5.02 Å². The van der Waals surface area contributed by atoms with Crippen molar-refractivity contribution in [3.8, 4) is 5.69 Å². The number of ether oxygens (including phenoxy) is 1. The summed E-state index contributed by atoms with van der Waals surface area (Å²) < 4.78 is 19.8. The van der Waals surface area contributed by atoms with E-state index in [1.54, 1.807) is 27.9 Å². The monoisotopic (exact) mass is 391 g/mol. The maximum atomic E-state index is 13.2. The van der Waals surface area contributed by atoms with Gasteiger partial charge in [0.1, 0.15) is 18.2 Å². The Morgan fingerprint density at radius 1 is 1.37 bits per heavy atom. The molecule has 0 saturated carbocycles. The van der Waals surface area contributed by atoms with Crippen LogP contribution in [0.5, 0.6) is 0 Å². The molecule has 2 aliphatic rings. The number of fused-ring (bicyclic) bond motifs is 1. The Morgan fingerprint density at radius 3 is 3.04 bits per heavy atom. The van der Waals surface area contributed by atoms with Crippen molar-refractivity contribution in [1.29, 1.82) is 0 Å². The highest BCUT2D eigenvalue weighted by molar-refractivity contribution is 6.32. The molecular weight excluding hydrogens is 373 g/mol. The van der Waals surface area contributed by atoms with E-state index in [2.05, 4.69) is 5.10 Å². The zero-order valence-electron chi connectivity index (χ0n) is 14.6. The quantitative estimate of drug-likeness (QED) is 0.783. The highest BCUT2D eigenvalue weighted by Gasteiger charge is 2.38. The maximum absolute atomic E-state index is 13.2. The molecule has 0 bridgehead atoms. The molecule has 1 aromatic heterocycles. The summed E-state index contributed by atoms with van der Waals surface area (Å²) in [6, 6.07) is 5.97. The van der Waals surface area contributed by atoms with E-state index in [-0.39, 0.29) is 35.3 Å². The molecule has 0 aliphatic carbocycles. The van der Waals surface area contributed by atoms with Gasteiger partial charge >= 0.3 is 6.09 Å². The average Bonchev–Trinajstić information content (AvgIpc) is 3.22. The van der Waals surface area contributed by atoms with Gasteiger partial charge in [0.25, 0.3) is 0 Å². The van der Waals surface area contributed by atoms with Gasteiger partial charge in [-0.1, -0.05) is 11.6 Å². The minimum absolute atomic E-state index is 0.101. The predicted molar refractivity (Wildman–Crippen MR) is 96.4 cm³/mol. The molecule has 3 heterocycles. The number of ketones is 1. The van der Waals surface area contributed by atoms with Gasteiger partial charge in [0.2, 0.25) is 0 Å². The van der Waals surface area contributed by atoms with Crippen LogP contribution in [-0.4, -0.2) is 45.8 Å². The number of piperidine rings is 1. The van der Waals surface area contributed by atoms with Crippen LogP contribution in [-0.2, 0) is 16.0 Å². The minimum atomic E-state index is -0.410. The number of hydrogen-bond acceptors (Lipinski definition) is 4. The van der Waals surface area contributed by atoms with Crippen LogP contribution in [0, 0.1) is 11.7 Å². The number of halogens is 2.